The summed E-state index contributed by atoms with van der Waals surface area (Å²) in [5.74, 6) is -0.174. The number of rotatable bonds is 9. The van der Waals surface area contributed by atoms with E-state index in [2.05, 4.69) is 14.9 Å². The van der Waals surface area contributed by atoms with Crippen LogP contribution in [0, 0.1) is 5.82 Å². The molecular weight excluding hydrogens is 375 g/mol. The Morgan fingerprint density at radius 2 is 2.04 bits per heavy atom. The number of amidine groups is 1. The van der Waals surface area contributed by atoms with Crippen molar-refractivity contribution in [1.82, 2.24) is 9.71 Å². The van der Waals surface area contributed by atoms with E-state index in [9.17, 15) is 12.8 Å². The summed E-state index contributed by atoms with van der Waals surface area (Å²) in [6, 6.07) is 5.74. The Balaban J connectivity index is 1.99. The molecule has 1 aromatic heterocycles. The standard InChI is InChI=1S/C17H23FN4O4S/c1-17(2,11-20-27(24,25)9-3-4-15(19)22-23)14-10-26-16(21-14)12-5-7-13(18)8-6-12/h5-8,10,20,23H,3-4,9,11H2,1-2H3,(H2,19,22). The molecule has 2 aromatic rings. The lowest BCUT2D eigenvalue weighted by Gasteiger charge is -2.22. The minimum Gasteiger partial charge on any atom is -0.444 e. The summed E-state index contributed by atoms with van der Waals surface area (Å²) in [6.07, 6.45) is 1.89. The Labute approximate surface area is 157 Å². The smallest absolute Gasteiger partial charge is 0.226 e. The number of sulfonamides is 1. The van der Waals surface area contributed by atoms with Crippen LogP contribution >= 0.6 is 0 Å². The Bertz CT molecular complexity index is 892. The molecule has 0 spiro atoms. The third-order valence-electron chi connectivity index (χ3n) is 4.00. The molecule has 1 aromatic carbocycles. The minimum absolute atomic E-state index is 0.0125. The Morgan fingerprint density at radius 3 is 2.67 bits per heavy atom. The highest BCUT2D eigenvalue weighted by molar-refractivity contribution is 7.89. The first-order valence-corrected chi connectivity index (χ1v) is 9.94. The molecule has 0 fully saturated rings. The van der Waals surface area contributed by atoms with E-state index < -0.39 is 15.4 Å². The molecule has 0 radical (unpaired) electrons. The average Bonchev–Trinajstić information content (AvgIpc) is 3.11. The van der Waals surface area contributed by atoms with Crippen LogP contribution in [0.25, 0.3) is 11.5 Å². The number of hydrogen-bond acceptors (Lipinski definition) is 6. The molecule has 0 amide bonds. The fraction of sp³-hybridized carbons (Fsp3) is 0.412. The van der Waals surface area contributed by atoms with Crippen LogP contribution in [0.5, 0.6) is 0 Å². The van der Waals surface area contributed by atoms with E-state index >= 15 is 0 Å². The van der Waals surface area contributed by atoms with Gasteiger partial charge in [-0.25, -0.2) is 22.5 Å². The van der Waals surface area contributed by atoms with Gasteiger partial charge in [0.1, 0.15) is 17.9 Å². The number of hydrogen-bond donors (Lipinski definition) is 3. The quantitative estimate of drug-likeness (QED) is 0.257. The largest absolute Gasteiger partial charge is 0.444 e. The number of nitrogens with one attached hydrogen (secondary N) is 1. The van der Waals surface area contributed by atoms with Crippen LogP contribution in [0.4, 0.5) is 4.39 Å². The van der Waals surface area contributed by atoms with Crippen LogP contribution in [-0.4, -0.2) is 36.7 Å². The summed E-state index contributed by atoms with van der Waals surface area (Å²) in [5.41, 5.74) is 5.90. The molecule has 27 heavy (non-hydrogen) atoms. The van der Waals surface area contributed by atoms with Gasteiger partial charge in [0.2, 0.25) is 15.9 Å². The normalized spacial score (nSPS) is 13.1. The van der Waals surface area contributed by atoms with E-state index in [4.69, 9.17) is 15.4 Å². The first-order chi connectivity index (χ1) is 12.6. The first-order valence-electron chi connectivity index (χ1n) is 8.29. The van der Waals surface area contributed by atoms with Crippen LogP contribution in [0.3, 0.4) is 0 Å². The molecule has 1 heterocycles. The lowest BCUT2D eigenvalue weighted by molar-refractivity contribution is 0.317. The van der Waals surface area contributed by atoms with Gasteiger partial charge in [-0.3, -0.25) is 0 Å². The van der Waals surface area contributed by atoms with Gasteiger partial charge >= 0.3 is 0 Å². The van der Waals surface area contributed by atoms with Gasteiger partial charge in [-0.1, -0.05) is 19.0 Å². The second-order valence-corrected chi connectivity index (χ2v) is 8.69. The molecule has 10 heteroatoms. The predicted octanol–water partition coefficient (Wildman–Crippen LogP) is 2.20. The monoisotopic (exact) mass is 398 g/mol. The van der Waals surface area contributed by atoms with Crippen molar-refractivity contribution >= 4 is 15.9 Å². The van der Waals surface area contributed by atoms with Crippen LogP contribution in [0.15, 0.2) is 40.1 Å². The van der Waals surface area contributed by atoms with Gasteiger partial charge < -0.3 is 15.4 Å². The topological polar surface area (TPSA) is 131 Å². The van der Waals surface area contributed by atoms with E-state index in [0.717, 1.165) is 0 Å². The van der Waals surface area contributed by atoms with Crippen molar-refractivity contribution in [3.8, 4) is 11.5 Å². The van der Waals surface area contributed by atoms with E-state index in [1.165, 1.54) is 18.4 Å². The fourth-order valence-electron chi connectivity index (χ4n) is 2.26. The molecule has 4 N–H and O–H groups in total. The molecule has 148 valence electrons. The molecule has 0 bridgehead atoms. The number of halogens is 1. The zero-order valence-electron chi connectivity index (χ0n) is 15.1. The number of aromatic nitrogens is 1. The number of oxime groups is 1. The van der Waals surface area contributed by atoms with Crippen molar-refractivity contribution in [1.29, 1.82) is 0 Å². The maximum atomic E-state index is 13.0. The second kappa shape index (κ2) is 8.49. The summed E-state index contributed by atoms with van der Waals surface area (Å²) >= 11 is 0. The van der Waals surface area contributed by atoms with Crippen molar-refractivity contribution in [3.05, 3.63) is 42.0 Å². The van der Waals surface area contributed by atoms with Crippen LogP contribution in [0.2, 0.25) is 0 Å². The number of oxazole rings is 1. The Hall–Kier alpha value is -2.46. The lowest BCUT2D eigenvalue weighted by Crippen LogP contribution is -2.38. The number of benzene rings is 1. The van der Waals surface area contributed by atoms with Crippen molar-refractivity contribution in [2.45, 2.75) is 32.1 Å². The second-order valence-electron chi connectivity index (χ2n) is 6.76. The molecule has 0 aliphatic rings. The van der Waals surface area contributed by atoms with E-state index in [0.29, 0.717) is 17.1 Å². The molecule has 0 unspecified atom stereocenters. The van der Waals surface area contributed by atoms with Crippen molar-refractivity contribution in [2.24, 2.45) is 10.9 Å². The number of nitrogens with two attached hydrogens (primary N) is 1. The summed E-state index contributed by atoms with van der Waals surface area (Å²) in [5, 5.41) is 11.3. The summed E-state index contributed by atoms with van der Waals surface area (Å²) in [6.45, 7) is 3.78. The fourth-order valence-corrected chi connectivity index (χ4v) is 3.51. The number of nitrogens with zero attached hydrogens (tertiary/aromatic N) is 2. The van der Waals surface area contributed by atoms with Gasteiger partial charge in [0.15, 0.2) is 0 Å². The van der Waals surface area contributed by atoms with Crippen LogP contribution in [0.1, 0.15) is 32.4 Å². The zero-order chi connectivity index (χ0) is 20.1. The third-order valence-corrected chi connectivity index (χ3v) is 5.41. The molecular formula is C17H23FN4O4S. The first kappa shape index (κ1) is 20.8. The van der Waals surface area contributed by atoms with Crippen LogP contribution < -0.4 is 10.5 Å². The van der Waals surface area contributed by atoms with Crippen molar-refractivity contribution in [3.63, 3.8) is 0 Å². The van der Waals surface area contributed by atoms with E-state index in [1.807, 2.05) is 13.8 Å². The van der Waals surface area contributed by atoms with Gasteiger partial charge in [-0.05, 0) is 30.7 Å². The van der Waals surface area contributed by atoms with Crippen molar-refractivity contribution < 1.29 is 22.4 Å². The highest BCUT2D eigenvalue weighted by atomic mass is 32.2. The van der Waals surface area contributed by atoms with Crippen LogP contribution in [-0.2, 0) is 15.4 Å². The maximum Gasteiger partial charge on any atom is 0.226 e. The average molecular weight is 398 g/mol. The maximum absolute atomic E-state index is 13.0. The molecule has 0 saturated heterocycles. The molecule has 0 aliphatic carbocycles. The van der Waals surface area contributed by atoms with Gasteiger partial charge in [0.25, 0.3) is 0 Å². The molecule has 0 aliphatic heterocycles. The zero-order valence-corrected chi connectivity index (χ0v) is 16.0. The predicted molar refractivity (Wildman–Crippen MR) is 99.4 cm³/mol. The lowest BCUT2D eigenvalue weighted by atomic mass is 9.90. The van der Waals surface area contributed by atoms with Gasteiger partial charge in [-0.15, -0.1) is 0 Å². The minimum atomic E-state index is -3.52. The van der Waals surface area contributed by atoms with Crippen molar-refractivity contribution in [2.75, 3.05) is 12.3 Å². The molecule has 0 saturated carbocycles. The highest BCUT2D eigenvalue weighted by Crippen LogP contribution is 2.26. The molecule has 8 nitrogen and oxygen atoms in total. The summed E-state index contributed by atoms with van der Waals surface area (Å²) in [7, 11) is -3.52. The Morgan fingerprint density at radius 1 is 1.37 bits per heavy atom. The summed E-state index contributed by atoms with van der Waals surface area (Å²) < 4.78 is 45.2. The molecule has 2 rings (SSSR count). The Kier molecular flexibility index (Phi) is 6.55. The summed E-state index contributed by atoms with van der Waals surface area (Å²) in [4.78, 5) is 4.39. The third kappa shape index (κ3) is 6.04. The SMILES string of the molecule is CC(C)(CNS(=O)(=O)CCCC(N)=NO)c1coc(-c2ccc(F)cc2)n1. The van der Waals surface area contributed by atoms with Gasteiger partial charge in [-0.2, -0.15) is 0 Å². The highest BCUT2D eigenvalue weighted by Gasteiger charge is 2.27. The van der Waals surface area contributed by atoms with Gasteiger partial charge in [0, 0.05) is 23.9 Å². The molecule has 0 atom stereocenters. The van der Waals surface area contributed by atoms with Gasteiger partial charge in [0.05, 0.1) is 11.4 Å². The van der Waals surface area contributed by atoms with E-state index in [-0.39, 0.29) is 36.8 Å². The van der Waals surface area contributed by atoms with E-state index in [1.54, 1.807) is 12.1 Å².